The van der Waals surface area contributed by atoms with E-state index in [-0.39, 0.29) is 0 Å². The second-order valence-electron chi connectivity index (χ2n) is 2.80. The first-order valence-corrected chi connectivity index (χ1v) is 4.61. The Morgan fingerprint density at radius 1 is 1.20 bits per heavy atom. The van der Waals surface area contributed by atoms with Crippen molar-refractivity contribution < 1.29 is 19.0 Å². The minimum absolute atomic E-state index is 0.320. The number of rotatable bonds is 6. The lowest BCUT2D eigenvalue weighted by molar-refractivity contribution is -0.108. The Hall–Kier alpha value is -1.71. The lowest BCUT2D eigenvalue weighted by atomic mass is 10.3. The second kappa shape index (κ2) is 5.90. The van der Waals surface area contributed by atoms with Gasteiger partial charge in [-0.2, -0.15) is 0 Å². The van der Waals surface area contributed by atoms with Crippen LogP contribution in [0.25, 0.3) is 0 Å². The second-order valence-corrected chi connectivity index (χ2v) is 2.80. The fourth-order valence-corrected chi connectivity index (χ4v) is 1.17. The van der Waals surface area contributed by atoms with E-state index in [4.69, 9.17) is 14.2 Å². The highest BCUT2D eigenvalue weighted by Gasteiger charge is 2.10. The monoisotopic (exact) mass is 210 g/mol. The van der Waals surface area contributed by atoms with E-state index in [1.54, 1.807) is 26.4 Å². The molecule has 0 N–H and O–H groups in total. The van der Waals surface area contributed by atoms with Crippen molar-refractivity contribution in [2.24, 2.45) is 0 Å². The zero-order valence-corrected chi connectivity index (χ0v) is 8.86. The summed E-state index contributed by atoms with van der Waals surface area (Å²) in [5.41, 5.74) is 0. The highest BCUT2D eigenvalue weighted by Crippen LogP contribution is 2.36. The van der Waals surface area contributed by atoms with Gasteiger partial charge in [0.25, 0.3) is 0 Å². The van der Waals surface area contributed by atoms with E-state index in [1.807, 2.05) is 6.07 Å². The van der Waals surface area contributed by atoms with E-state index in [2.05, 4.69) is 0 Å². The Kier molecular flexibility index (Phi) is 4.47. The third kappa shape index (κ3) is 2.87. The maximum absolute atomic E-state index is 10.2. The van der Waals surface area contributed by atoms with E-state index < -0.39 is 0 Å². The summed E-state index contributed by atoms with van der Waals surface area (Å²) in [5.74, 6) is 1.73. The molecule has 82 valence electrons. The fourth-order valence-electron chi connectivity index (χ4n) is 1.17. The number of para-hydroxylation sites is 1. The molecular weight excluding hydrogens is 196 g/mol. The van der Waals surface area contributed by atoms with Gasteiger partial charge in [-0.3, -0.25) is 0 Å². The van der Waals surface area contributed by atoms with Crippen LogP contribution in [0.2, 0.25) is 0 Å². The topological polar surface area (TPSA) is 44.8 Å². The molecule has 0 fully saturated rings. The van der Waals surface area contributed by atoms with Gasteiger partial charge in [0.2, 0.25) is 5.75 Å². The molecule has 0 atom stereocenters. The van der Waals surface area contributed by atoms with Crippen LogP contribution in [0.3, 0.4) is 0 Å². The highest BCUT2D eigenvalue weighted by atomic mass is 16.5. The smallest absolute Gasteiger partial charge is 0.203 e. The molecule has 0 amide bonds. The molecule has 1 aromatic rings. The third-order valence-electron chi connectivity index (χ3n) is 1.86. The van der Waals surface area contributed by atoms with E-state index in [0.29, 0.717) is 30.3 Å². The molecule has 0 aliphatic heterocycles. The van der Waals surface area contributed by atoms with Crippen molar-refractivity contribution >= 4 is 6.29 Å². The van der Waals surface area contributed by atoms with Crippen LogP contribution in [-0.2, 0) is 4.79 Å². The molecule has 0 aliphatic carbocycles. The molecule has 0 spiro atoms. The maximum atomic E-state index is 10.2. The lowest BCUT2D eigenvalue weighted by Gasteiger charge is -2.12. The van der Waals surface area contributed by atoms with Crippen molar-refractivity contribution in [2.75, 3.05) is 20.8 Å². The zero-order valence-electron chi connectivity index (χ0n) is 8.86. The van der Waals surface area contributed by atoms with Crippen LogP contribution in [-0.4, -0.2) is 27.1 Å². The number of hydrogen-bond donors (Lipinski definition) is 0. The predicted molar refractivity (Wildman–Crippen MR) is 55.7 cm³/mol. The Morgan fingerprint density at radius 3 is 2.27 bits per heavy atom. The molecule has 4 heteroatoms. The molecule has 1 aromatic carbocycles. The summed E-state index contributed by atoms with van der Waals surface area (Å²) >= 11 is 0. The predicted octanol–water partition coefficient (Wildman–Crippen LogP) is 1.67. The van der Waals surface area contributed by atoms with Crippen molar-refractivity contribution in [3.63, 3.8) is 0 Å². The van der Waals surface area contributed by atoms with Crippen molar-refractivity contribution in [3.8, 4) is 17.2 Å². The van der Waals surface area contributed by atoms with Gasteiger partial charge in [-0.1, -0.05) is 6.07 Å². The molecule has 0 unspecified atom stereocenters. The van der Waals surface area contributed by atoms with Gasteiger partial charge >= 0.3 is 0 Å². The number of carbonyl (C=O) groups is 1. The quantitative estimate of drug-likeness (QED) is 0.529. The number of hydrogen-bond acceptors (Lipinski definition) is 4. The van der Waals surface area contributed by atoms with Gasteiger partial charge in [0.1, 0.15) is 6.29 Å². The average molecular weight is 210 g/mol. The van der Waals surface area contributed by atoms with Gasteiger partial charge in [-0.25, -0.2) is 0 Å². The number of benzene rings is 1. The summed E-state index contributed by atoms with van der Waals surface area (Å²) in [4.78, 5) is 10.2. The molecule has 0 aromatic heterocycles. The Labute approximate surface area is 88.8 Å². The molecule has 0 heterocycles. The van der Waals surface area contributed by atoms with Gasteiger partial charge in [-0.15, -0.1) is 0 Å². The summed E-state index contributed by atoms with van der Waals surface area (Å²) < 4.78 is 15.7. The molecule has 0 saturated carbocycles. The van der Waals surface area contributed by atoms with Gasteiger partial charge in [0.05, 0.1) is 20.8 Å². The number of aldehydes is 1. The first-order valence-electron chi connectivity index (χ1n) is 4.61. The van der Waals surface area contributed by atoms with Crippen LogP contribution in [0.4, 0.5) is 0 Å². The first kappa shape index (κ1) is 11.4. The van der Waals surface area contributed by atoms with Gasteiger partial charge in [0, 0.05) is 6.42 Å². The normalized spacial score (nSPS) is 9.47. The molecule has 4 nitrogen and oxygen atoms in total. The molecule has 0 aliphatic rings. The summed E-state index contributed by atoms with van der Waals surface area (Å²) in [6.45, 7) is 0.320. The zero-order chi connectivity index (χ0) is 11.1. The van der Waals surface area contributed by atoms with Crippen LogP contribution in [0.1, 0.15) is 6.42 Å². The summed E-state index contributed by atoms with van der Waals surface area (Å²) in [6.07, 6.45) is 1.16. The molecule has 15 heavy (non-hydrogen) atoms. The molecule has 1 rings (SSSR count). The summed E-state index contributed by atoms with van der Waals surface area (Å²) in [7, 11) is 3.11. The Morgan fingerprint density at radius 2 is 1.80 bits per heavy atom. The summed E-state index contributed by atoms with van der Waals surface area (Å²) in [6, 6.07) is 5.36. The molecule has 0 saturated heterocycles. The van der Waals surface area contributed by atoms with Gasteiger partial charge in [-0.05, 0) is 12.1 Å². The van der Waals surface area contributed by atoms with E-state index in [0.717, 1.165) is 6.29 Å². The maximum Gasteiger partial charge on any atom is 0.203 e. The molecular formula is C11H14O4. The highest BCUT2D eigenvalue weighted by molar-refractivity contribution is 5.52. The van der Waals surface area contributed by atoms with Crippen molar-refractivity contribution in [1.82, 2.24) is 0 Å². The van der Waals surface area contributed by atoms with E-state index in [9.17, 15) is 4.79 Å². The van der Waals surface area contributed by atoms with Crippen LogP contribution in [0.15, 0.2) is 18.2 Å². The number of carbonyl (C=O) groups excluding carboxylic acids is 1. The minimum Gasteiger partial charge on any atom is -0.493 e. The van der Waals surface area contributed by atoms with Gasteiger partial charge in [0.15, 0.2) is 11.5 Å². The van der Waals surface area contributed by atoms with Crippen LogP contribution < -0.4 is 14.2 Å². The van der Waals surface area contributed by atoms with Gasteiger partial charge < -0.3 is 19.0 Å². The van der Waals surface area contributed by atoms with Crippen LogP contribution >= 0.6 is 0 Å². The van der Waals surface area contributed by atoms with E-state index in [1.165, 1.54) is 0 Å². The number of ether oxygens (including phenoxy) is 3. The SMILES string of the molecule is COc1cccc(OC)c1OCCC=O. The van der Waals surface area contributed by atoms with Crippen molar-refractivity contribution in [3.05, 3.63) is 18.2 Å². The van der Waals surface area contributed by atoms with E-state index >= 15 is 0 Å². The first-order chi connectivity index (χ1) is 7.33. The van der Waals surface area contributed by atoms with Crippen molar-refractivity contribution in [2.45, 2.75) is 6.42 Å². The van der Waals surface area contributed by atoms with Crippen LogP contribution in [0, 0.1) is 0 Å². The summed E-state index contributed by atoms with van der Waals surface area (Å²) in [5, 5.41) is 0. The Bertz CT molecular complexity index is 300. The third-order valence-corrected chi connectivity index (χ3v) is 1.86. The fraction of sp³-hybridized carbons (Fsp3) is 0.364. The average Bonchev–Trinajstić information content (AvgIpc) is 2.29. The molecule has 0 radical (unpaired) electrons. The minimum atomic E-state index is 0.320. The standard InChI is InChI=1S/C11H14O4/c1-13-9-5-3-6-10(14-2)11(9)15-8-4-7-12/h3,5-7H,4,8H2,1-2H3. The molecule has 0 bridgehead atoms. The number of methoxy groups -OCH3 is 2. The van der Waals surface area contributed by atoms with Crippen LogP contribution in [0.5, 0.6) is 17.2 Å². The lowest BCUT2D eigenvalue weighted by Crippen LogP contribution is -2.01. The Balaban J connectivity index is 2.84. The largest absolute Gasteiger partial charge is 0.493 e. The van der Waals surface area contributed by atoms with Crippen molar-refractivity contribution in [1.29, 1.82) is 0 Å².